The third-order valence-electron chi connectivity index (χ3n) is 4.22. The fraction of sp³-hybridized carbons (Fsp3) is 0.810. The smallest absolute Gasteiger partial charge is 0.308 e. The van der Waals surface area contributed by atoms with Crippen LogP contribution < -0.4 is 10.6 Å². The van der Waals surface area contributed by atoms with Gasteiger partial charge in [0.25, 0.3) is 0 Å². The highest BCUT2D eigenvalue weighted by molar-refractivity contribution is 8.47. The van der Waals surface area contributed by atoms with Gasteiger partial charge in [0, 0.05) is 18.0 Å². The van der Waals surface area contributed by atoms with Gasteiger partial charge in [-0.1, -0.05) is 44.2 Å². The van der Waals surface area contributed by atoms with Crippen LogP contribution >= 0.6 is 35.7 Å². The second-order valence-corrected chi connectivity index (χ2v) is 11.5. The molecule has 2 amide bonds. The molecule has 3 unspecified atom stereocenters. The summed E-state index contributed by atoms with van der Waals surface area (Å²) in [6, 6.07) is -0.0476. The highest BCUT2D eigenvalue weighted by Crippen LogP contribution is 2.30. The van der Waals surface area contributed by atoms with Gasteiger partial charge in [-0.05, 0) is 52.7 Å². The van der Waals surface area contributed by atoms with Crippen molar-refractivity contribution in [3.05, 3.63) is 0 Å². The van der Waals surface area contributed by atoms with E-state index in [9.17, 15) is 14.4 Å². The topological polar surface area (TPSA) is 84.5 Å². The number of hydrogen-bond acceptors (Lipinski definition) is 7. The maximum atomic E-state index is 12.9. The molecule has 0 saturated heterocycles. The van der Waals surface area contributed by atoms with Crippen molar-refractivity contribution in [2.75, 3.05) is 12.9 Å². The molecule has 30 heavy (non-hydrogen) atoms. The minimum atomic E-state index is -0.500. The Bertz CT molecular complexity index is 570. The van der Waals surface area contributed by atoms with Crippen LogP contribution in [0.3, 0.4) is 0 Å². The molecule has 0 fully saturated rings. The van der Waals surface area contributed by atoms with Crippen molar-refractivity contribution in [2.45, 2.75) is 84.6 Å². The van der Waals surface area contributed by atoms with Crippen LogP contribution in [0.15, 0.2) is 0 Å². The summed E-state index contributed by atoms with van der Waals surface area (Å²) in [6.07, 6.45) is 2.76. The second-order valence-electron chi connectivity index (χ2n) is 7.98. The third-order valence-corrected chi connectivity index (χ3v) is 7.12. The predicted molar refractivity (Wildman–Crippen MR) is 132 cm³/mol. The fourth-order valence-electron chi connectivity index (χ4n) is 2.73. The Morgan fingerprint density at radius 3 is 2.03 bits per heavy atom. The highest BCUT2D eigenvalue weighted by Gasteiger charge is 2.32. The van der Waals surface area contributed by atoms with Gasteiger partial charge in [-0.2, -0.15) is 0 Å². The quantitative estimate of drug-likeness (QED) is 0.234. The molecule has 2 N–H and O–H groups in total. The van der Waals surface area contributed by atoms with Crippen molar-refractivity contribution in [1.82, 2.24) is 10.6 Å². The Kier molecular flexibility index (Phi) is 15.5. The summed E-state index contributed by atoms with van der Waals surface area (Å²) in [5, 5.41) is 5.35. The molecule has 0 aromatic heterocycles. The normalized spacial score (nSPS) is 14.2. The molecule has 0 aliphatic rings. The van der Waals surface area contributed by atoms with E-state index in [2.05, 4.69) is 17.6 Å². The minimum absolute atomic E-state index is 0.0150. The van der Waals surface area contributed by atoms with Crippen LogP contribution in [-0.4, -0.2) is 51.5 Å². The highest BCUT2D eigenvalue weighted by atomic mass is 32.2. The zero-order valence-corrected chi connectivity index (χ0v) is 21.7. The fourth-order valence-corrected chi connectivity index (χ4v) is 5.54. The van der Waals surface area contributed by atoms with Crippen LogP contribution in [-0.2, 0) is 19.1 Å². The molecule has 6 nitrogen and oxygen atoms in total. The number of thiocarbonyl (C=S) groups is 1. The maximum absolute atomic E-state index is 12.9. The molecular formula is C21H38N2O4S3. The monoisotopic (exact) mass is 478 g/mol. The van der Waals surface area contributed by atoms with Gasteiger partial charge >= 0.3 is 5.97 Å². The van der Waals surface area contributed by atoms with Crippen LogP contribution in [0, 0.1) is 11.8 Å². The first-order valence-corrected chi connectivity index (χ1v) is 12.8. The van der Waals surface area contributed by atoms with E-state index in [4.69, 9.17) is 17.0 Å². The summed E-state index contributed by atoms with van der Waals surface area (Å²) < 4.78 is 5.52. The van der Waals surface area contributed by atoms with Crippen LogP contribution in [0.5, 0.6) is 0 Å². The number of thioether (sulfide) groups is 2. The number of hydrogen-bond donors (Lipinski definition) is 2. The Morgan fingerprint density at radius 1 is 0.967 bits per heavy atom. The van der Waals surface area contributed by atoms with Crippen LogP contribution in [0.25, 0.3) is 0 Å². The van der Waals surface area contributed by atoms with E-state index in [-0.39, 0.29) is 29.9 Å². The van der Waals surface area contributed by atoms with Crippen molar-refractivity contribution in [2.24, 2.45) is 11.8 Å². The van der Waals surface area contributed by atoms with Crippen molar-refractivity contribution in [3.63, 3.8) is 0 Å². The second kappa shape index (κ2) is 15.9. The summed E-state index contributed by atoms with van der Waals surface area (Å²) in [6.45, 7) is 11.4. The number of ether oxygens (including phenoxy) is 1. The Balaban J connectivity index is 5.47. The van der Waals surface area contributed by atoms with Gasteiger partial charge < -0.3 is 15.4 Å². The minimum Gasteiger partial charge on any atom is -0.469 e. The molecule has 0 rings (SSSR count). The largest absolute Gasteiger partial charge is 0.469 e. The SMILES string of the molecule is CCCCSC(=S)SC(CC(CC(C)C(=O)OC)C(=O)NC(C)C)C(=O)NC(C)C. The number of carbonyl (C=O) groups is 3. The summed E-state index contributed by atoms with van der Waals surface area (Å²) in [5.41, 5.74) is 0. The van der Waals surface area contributed by atoms with Gasteiger partial charge in [-0.15, -0.1) is 11.8 Å². The molecule has 3 atom stereocenters. The Morgan fingerprint density at radius 2 is 1.53 bits per heavy atom. The molecule has 0 spiro atoms. The number of methoxy groups -OCH3 is 1. The number of unbranched alkanes of at least 4 members (excludes halogenated alkanes) is 1. The van der Waals surface area contributed by atoms with E-state index in [1.807, 2.05) is 27.7 Å². The summed E-state index contributed by atoms with van der Waals surface area (Å²) in [7, 11) is 1.34. The lowest BCUT2D eigenvalue weighted by atomic mass is 9.90. The van der Waals surface area contributed by atoms with Gasteiger partial charge in [0.05, 0.1) is 18.3 Å². The first kappa shape index (κ1) is 29.2. The van der Waals surface area contributed by atoms with Crippen LogP contribution in [0.2, 0.25) is 0 Å². The number of rotatable bonds is 13. The van der Waals surface area contributed by atoms with E-state index in [0.29, 0.717) is 16.4 Å². The molecule has 0 aromatic rings. The van der Waals surface area contributed by atoms with E-state index in [1.165, 1.54) is 18.9 Å². The molecule has 0 radical (unpaired) electrons. The Hall–Kier alpha value is -0.800. The molecule has 0 aromatic carbocycles. The van der Waals surface area contributed by atoms with Crippen molar-refractivity contribution < 1.29 is 19.1 Å². The van der Waals surface area contributed by atoms with Crippen LogP contribution in [0.4, 0.5) is 0 Å². The van der Waals surface area contributed by atoms with Crippen molar-refractivity contribution in [1.29, 1.82) is 0 Å². The zero-order valence-electron chi connectivity index (χ0n) is 19.3. The number of esters is 1. The van der Waals surface area contributed by atoms with E-state index in [0.717, 1.165) is 18.6 Å². The average molecular weight is 479 g/mol. The maximum Gasteiger partial charge on any atom is 0.308 e. The van der Waals surface area contributed by atoms with E-state index in [1.54, 1.807) is 18.7 Å². The number of carbonyl (C=O) groups excluding carboxylic acids is 3. The standard InChI is InChI=1S/C21H38N2O4S3/c1-8-9-10-29-21(28)30-17(19(25)23-14(4)5)12-16(18(24)22-13(2)3)11-15(6)20(26)27-7/h13-17H,8-12H2,1-7H3,(H,22,24)(H,23,25). The zero-order chi connectivity index (χ0) is 23.3. The van der Waals surface area contributed by atoms with E-state index < -0.39 is 17.1 Å². The Labute approximate surface area is 195 Å². The number of amides is 2. The predicted octanol–water partition coefficient (Wildman–Crippen LogP) is 4.16. The first-order valence-electron chi connectivity index (χ1n) is 10.5. The van der Waals surface area contributed by atoms with Gasteiger partial charge in [-0.25, -0.2) is 0 Å². The van der Waals surface area contributed by atoms with Gasteiger partial charge in [0.1, 0.15) is 3.53 Å². The molecule has 0 bridgehead atoms. The van der Waals surface area contributed by atoms with Crippen molar-refractivity contribution in [3.8, 4) is 0 Å². The van der Waals surface area contributed by atoms with Gasteiger partial charge in [0.15, 0.2) is 0 Å². The van der Waals surface area contributed by atoms with E-state index >= 15 is 0 Å². The molecule has 0 heterocycles. The first-order chi connectivity index (χ1) is 14.0. The molecule has 0 saturated carbocycles. The summed E-state index contributed by atoms with van der Waals surface area (Å²) >= 11 is 8.40. The lowest BCUT2D eigenvalue weighted by Crippen LogP contribution is -2.42. The average Bonchev–Trinajstić information content (AvgIpc) is 2.64. The van der Waals surface area contributed by atoms with Crippen molar-refractivity contribution >= 4 is 57.1 Å². The lowest BCUT2D eigenvalue weighted by molar-refractivity contribution is -0.145. The van der Waals surface area contributed by atoms with Gasteiger partial charge in [0.2, 0.25) is 11.8 Å². The van der Waals surface area contributed by atoms with Crippen LogP contribution in [0.1, 0.15) is 67.2 Å². The molecule has 0 aliphatic carbocycles. The lowest BCUT2D eigenvalue weighted by Gasteiger charge is -2.25. The molecule has 174 valence electrons. The molecule has 0 aliphatic heterocycles. The summed E-state index contributed by atoms with van der Waals surface area (Å²) in [4.78, 5) is 37.6. The number of nitrogens with one attached hydrogen (secondary N) is 2. The summed E-state index contributed by atoms with van der Waals surface area (Å²) in [5.74, 6) is -0.686. The third kappa shape index (κ3) is 12.8. The van der Waals surface area contributed by atoms with Gasteiger partial charge in [-0.3, -0.25) is 14.4 Å². The molecule has 9 heteroatoms. The molecular weight excluding hydrogens is 440 g/mol.